The first-order valence-corrected chi connectivity index (χ1v) is 7.34. The monoisotopic (exact) mass is 282 g/mol. The third-order valence-electron chi connectivity index (χ3n) is 3.39. The van der Waals surface area contributed by atoms with Crippen molar-refractivity contribution in [3.63, 3.8) is 0 Å². The molecule has 1 N–H and O–H groups in total. The molecule has 0 aliphatic carbocycles. The molecule has 0 unspecified atom stereocenters. The van der Waals surface area contributed by atoms with E-state index in [-0.39, 0.29) is 0 Å². The summed E-state index contributed by atoms with van der Waals surface area (Å²) in [6.07, 6.45) is 4.27. The molecule has 0 spiro atoms. The van der Waals surface area contributed by atoms with Crippen molar-refractivity contribution in [3.8, 4) is 0 Å². The van der Waals surface area contributed by atoms with Crippen molar-refractivity contribution in [1.82, 2.24) is 20.1 Å². The summed E-state index contributed by atoms with van der Waals surface area (Å²) in [7, 11) is 0. The summed E-state index contributed by atoms with van der Waals surface area (Å²) >= 11 is 7.96. The first kappa shape index (κ1) is 12.1. The summed E-state index contributed by atoms with van der Waals surface area (Å²) in [5.74, 6) is 0. The second kappa shape index (κ2) is 4.99. The molecule has 0 bridgehead atoms. The van der Waals surface area contributed by atoms with Crippen molar-refractivity contribution in [1.29, 1.82) is 0 Å². The Balaban J connectivity index is 1.78. The van der Waals surface area contributed by atoms with E-state index in [1.165, 1.54) is 17.8 Å². The van der Waals surface area contributed by atoms with Crippen LogP contribution < -0.4 is 0 Å². The van der Waals surface area contributed by atoms with Crippen LogP contribution in [0.15, 0.2) is 11.6 Å². The molecule has 1 atom stereocenters. The summed E-state index contributed by atoms with van der Waals surface area (Å²) in [6.45, 7) is 3.83. The molecule has 0 radical (unpaired) electrons. The number of aromatic amines is 1. The molecule has 2 aromatic heterocycles. The van der Waals surface area contributed by atoms with Crippen LogP contribution in [0.5, 0.6) is 0 Å². The minimum absolute atomic E-state index is 0.429. The van der Waals surface area contributed by atoms with Crippen molar-refractivity contribution in [3.05, 3.63) is 33.0 Å². The molecule has 3 heterocycles. The van der Waals surface area contributed by atoms with Gasteiger partial charge in [0, 0.05) is 18.1 Å². The van der Waals surface area contributed by atoms with Gasteiger partial charge in [0.15, 0.2) is 0 Å². The largest absolute Gasteiger partial charge is 0.288 e. The number of nitrogens with one attached hydrogen (secondary N) is 1. The normalized spacial score (nSPS) is 20.7. The van der Waals surface area contributed by atoms with Crippen LogP contribution in [0.25, 0.3) is 0 Å². The van der Waals surface area contributed by atoms with Gasteiger partial charge in [0.25, 0.3) is 0 Å². The fourth-order valence-corrected chi connectivity index (χ4v) is 3.41. The predicted molar refractivity (Wildman–Crippen MR) is 72.8 cm³/mol. The quantitative estimate of drug-likeness (QED) is 0.940. The lowest BCUT2D eigenvalue weighted by Crippen LogP contribution is -2.23. The molecule has 0 amide bonds. The summed E-state index contributed by atoms with van der Waals surface area (Å²) in [5, 5.41) is 11.2. The van der Waals surface area contributed by atoms with Gasteiger partial charge in [-0.1, -0.05) is 11.6 Å². The van der Waals surface area contributed by atoms with Gasteiger partial charge in [-0.2, -0.15) is 5.10 Å². The van der Waals surface area contributed by atoms with E-state index < -0.39 is 0 Å². The number of hydrogen-bond donors (Lipinski definition) is 1. The molecule has 4 nitrogen and oxygen atoms in total. The van der Waals surface area contributed by atoms with E-state index in [2.05, 4.69) is 20.1 Å². The van der Waals surface area contributed by atoms with Gasteiger partial charge in [-0.15, -0.1) is 11.3 Å². The van der Waals surface area contributed by atoms with Gasteiger partial charge in [-0.05, 0) is 26.3 Å². The first-order valence-electron chi connectivity index (χ1n) is 6.08. The Bertz CT molecular complexity index is 522. The fraction of sp³-hybridized carbons (Fsp3) is 0.500. The van der Waals surface area contributed by atoms with Gasteiger partial charge in [-0.3, -0.25) is 10.00 Å². The second-order valence-corrected chi connectivity index (χ2v) is 5.91. The molecule has 96 valence electrons. The highest BCUT2D eigenvalue weighted by Crippen LogP contribution is 2.34. The number of aromatic nitrogens is 3. The molecular weight excluding hydrogens is 268 g/mol. The van der Waals surface area contributed by atoms with Crippen LogP contribution in [0, 0.1) is 6.92 Å². The van der Waals surface area contributed by atoms with E-state index in [0.29, 0.717) is 6.04 Å². The lowest BCUT2D eigenvalue weighted by molar-refractivity contribution is 0.245. The highest BCUT2D eigenvalue weighted by atomic mass is 35.5. The Kier molecular flexibility index (Phi) is 3.37. The molecule has 1 aliphatic heterocycles. The number of nitrogens with zero attached hydrogens (tertiary/aromatic N) is 3. The molecule has 6 heteroatoms. The fourth-order valence-electron chi connectivity index (χ4n) is 2.46. The van der Waals surface area contributed by atoms with E-state index in [1.54, 1.807) is 11.3 Å². The molecule has 0 saturated carbocycles. The third kappa shape index (κ3) is 2.18. The average Bonchev–Trinajstić information content (AvgIpc) is 3.06. The standard InChI is InChI=1S/C12H15ClN4S/c1-8-11(13)9(16-15-8)7-17-5-2-3-10(17)12-14-4-6-18-12/h4,6,10H,2-3,5,7H2,1H3,(H,15,16)/t10-/m0/s1. The van der Waals surface area contributed by atoms with Crippen LogP contribution >= 0.6 is 22.9 Å². The first-order chi connectivity index (χ1) is 8.75. The second-order valence-electron chi connectivity index (χ2n) is 4.61. The van der Waals surface area contributed by atoms with Crippen molar-refractivity contribution in [2.24, 2.45) is 0 Å². The van der Waals surface area contributed by atoms with E-state index in [4.69, 9.17) is 11.6 Å². The van der Waals surface area contributed by atoms with Crippen molar-refractivity contribution < 1.29 is 0 Å². The summed E-state index contributed by atoms with van der Waals surface area (Å²) in [6, 6.07) is 0.429. The SMILES string of the molecule is Cc1[nH]nc(CN2CCC[C@H]2c2nccs2)c1Cl. The Morgan fingerprint density at radius 1 is 1.61 bits per heavy atom. The Morgan fingerprint density at radius 3 is 3.17 bits per heavy atom. The van der Waals surface area contributed by atoms with Crippen LogP contribution in [0.3, 0.4) is 0 Å². The predicted octanol–water partition coefficient (Wildman–Crippen LogP) is 3.17. The lowest BCUT2D eigenvalue weighted by Gasteiger charge is -2.21. The maximum Gasteiger partial charge on any atom is 0.110 e. The van der Waals surface area contributed by atoms with Crippen LogP contribution in [-0.4, -0.2) is 26.6 Å². The third-order valence-corrected chi connectivity index (χ3v) is 4.77. The number of rotatable bonds is 3. The number of hydrogen-bond acceptors (Lipinski definition) is 4. The summed E-state index contributed by atoms with van der Waals surface area (Å²) in [5.41, 5.74) is 1.88. The lowest BCUT2D eigenvalue weighted by atomic mass is 10.2. The molecule has 0 aromatic carbocycles. The van der Waals surface area contributed by atoms with Gasteiger partial charge in [0.1, 0.15) is 5.01 Å². The van der Waals surface area contributed by atoms with Crippen molar-refractivity contribution >= 4 is 22.9 Å². The molecule has 2 aromatic rings. The van der Waals surface area contributed by atoms with Crippen LogP contribution in [-0.2, 0) is 6.54 Å². The number of halogens is 1. The highest BCUT2D eigenvalue weighted by Gasteiger charge is 2.28. The topological polar surface area (TPSA) is 44.8 Å². The van der Waals surface area contributed by atoms with Crippen LogP contribution in [0.4, 0.5) is 0 Å². The molecular formula is C12H15ClN4S. The number of thiazole rings is 1. The molecule has 1 fully saturated rings. The van der Waals surface area contributed by atoms with Crippen LogP contribution in [0.2, 0.25) is 5.02 Å². The maximum absolute atomic E-state index is 6.23. The van der Waals surface area contributed by atoms with E-state index in [0.717, 1.165) is 29.5 Å². The molecule has 1 aliphatic rings. The number of H-pyrrole nitrogens is 1. The zero-order chi connectivity index (χ0) is 12.5. The summed E-state index contributed by atoms with van der Waals surface area (Å²) < 4.78 is 0. The van der Waals surface area contributed by atoms with Gasteiger partial charge < -0.3 is 0 Å². The van der Waals surface area contributed by atoms with Gasteiger partial charge in [-0.25, -0.2) is 4.98 Å². The van der Waals surface area contributed by atoms with Gasteiger partial charge >= 0.3 is 0 Å². The Hall–Kier alpha value is -0.910. The smallest absolute Gasteiger partial charge is 0.110 e. The van der Waals surface area contributed by atoms with E-state index in [9.17, 15) is 0 Å². The van der Waals surface area contributed by atoms with E-state index in [1.807, 2.05) is 18.5 Å². The Morgan fingerprint density at radius 2 is 2.50 bits per heavy atom. The molecule has 18 heavy (non-hydrogen) atoms. The molecule has 3 rings (SSSR count). The number of aryl methyl sites for hydroxylation is 1. The van der Waals surface area contributed by atoms with Crippen molar-refractivity contribution in [2.75, 3.05) is 6.54 Å². The van der Waals surface area contributed by atoms with Crippen LogP contribution in [0.1, 0.15) is 35.3 Å². The minimum Gasteiger partial charge on any atom is -0.288 e. The Labute approximate surface area is 115 Å². The van der Waals surface area contributed by atoms with Crippen molar-refractivity contribution in [2.45, 2.75) is 32.4 Å². The molecule has 1 saturated heterocycles. The van der Waals surface area contributed by atoms with E-state index >= 15 is 0 Å². The zero-order valence-electron chi connectivity index (χ0n) is 10.2. The van der Waals surface area contributed by atoms with Gasteiger partial charge in [0.2, 0.25) is 0 Å². The average molecular weight is 283 g/mol. The number of likely N-dealkylation sites (tertiary alicyclic amines) is 1. The van der Waals surface area contributed by atoms with Gasteiger partial charge in [0.05, 0.1) is 22.5 Å². The summed E-state index contributed by atoms with van der Waals surface area (Å²) in [4.78, 5) is 6.85. The maximum atomic E-state index is 6.23. The minimum atomic E-state index is 0.429. The highest BCUT2D eigenvalue weighted by molar-refractivity contribution is 7.09. The zero-order valence-corrected chi connectivity index (χ0v) is 11.8.